The minimum Gasteiger partial charge on any atom is -0.466 e. The van der Waals surface area contributed by atoms with E-state index in [-0.39, 0.29) is 11.4 Å². The van der Waals surface area contributed by atoms with Gasteiger partial charge in [-0.1, -0.05) is 39.3 Å². The van der Waals surface area contributed by atoms with E-state index < -0.39 is 0 Å². The molecule has 0 bridgehead atoms. The van der Waals surface area contributed by atoms with Crippen molar-refractivity contribution >= 4 is 5.97 Å². The molecule has 0 aromatic rings. The van der Waals surface area contributed by atoms with Gasteiger partial charge in [0.05, 0.1) is 13.0 Å². The molecule has 0 N–H and O–H groups in total. The minimum atomic E-state index is -0.0519. The van der Waals surface area contributed by atoms with Crippen LogP contribution < -0.4 is 0 Å². The standard InChI is InChI=1S/C18H30O2/c1-6-20-16(19)12-14-13(2)8-9-15-17(3,4)10-7-11-18(14,15)5/h14-15H,2,6-12H2,1,3-5H3/t14-,15-,18+/m0/s1. The maximum absolute atomic E-state index is 12.0. The molecule has 2 fully saturated rings. The van der Waals surface area contributed by atoms with Crippen molar-refractivity contribution in [2.24, 2.45) is 22.7 Å². The third kappa shape index (κ3) is 2.66. The summed E-state index contributed by atoms with van der Waals surface area (Å²) in [5.41, 5.74) is 1.89. The van der Waals surface area contributed by atoms with Crippen molar-refractivity contribution in [3.05, 3.63) is 12.2 Å². The molecule has 0 heterocycles. The number of carbonyl (C=O) groups is 1. The Morgan fingerprint density at radius 1 is 1.35 bits per heavy atom. The summed E-state index contributed by atoms with van der Waals surface area (Å²) in [6.45, 7) is 13.8. The summed E-state index contributed by atoms with van der Waals surface area (Å²) in [6, 6.07) is 0. The maximum Gasteiger partial charge on any atom is 0.306 e. The van der Waals surface area contributed by atoms with Crippen molar-refractivity contribution in [3.8, 4) is 0 Å². The van der Waals surface area contributed by atoms with Gasteiger partial charge in [-0.15, -0.1) is 0 Å². The molecule has 20 heavy (non-hydrogen) atoms. The third-order valence-electron chi connectivity index (χ3n) is 6.00. The number of esters is 1. The van der Waals surface area contributed by atoms with Crippen LogP contribution in [-0.4, -0.2) is 12.6 Å². The van der Waals surface area contributed by atoms with Crippen LogP contribution in [0.5, 0.6) is 0 Å². The summed E-state index contributed by atoms with van der Waals surface area (Å²) >= 11 is 0. The number of fused-ring (bicyclic) bond motifs is 1. The molecule has 2 heteroatoms. The molecule has 114 valence electrons. The molecule has 0 radical (unpaired) electrons. The van der Waals surface area contributed by atoms with Crippen molar-refractivity contribution in [1.29, 1.82) is 0 Å². The Bertz CT molecular complexity index is 396. The molecule has 2 rings (SSSR count). The predicted molar refractivity (Wildman–Crippen MR) is 82.3 cm³/mol. The summed E-state index contributed by atoms with van der Waals surface area (Å²) in [4.78, 5) is 12.0. The summed E-state index contributed by atoms with van der Waals surface area (Å²) in [6.07, 6.45) is 6.65. The highest BCUT2D eigenvalue weighted by Crippen LogP contribution is 2.61. The first-order valence-corrected chi connectivity index (χ1v) is 8.14. The molecule has 2 saturated carbocycles. The van der Waals surface area contributed by atoms with E-state index in [4.69, 9.17) is 4.74 Å². The van der Waals surface area contributed by atoms with Crippen LogP contribution >= 0.6 is 0 Å². The van der Waals surface area contributed by atoms with Gasteiger partial charge in [0.2, 0.25) is 0 Å². The number of hydrogen-bond donors (Lipinski definition) is 0. The van der Waals surface area contributed by atoms with E-state index >= 15 is 0 Å². The van der Waals surface area contributed by atoms with Crippen molar-refractivity contribution < 1.29 is 9.53 Å². The molecule has 2 nitrogen and oxygen atoms in total. The molecule has 0 unspecified atom stereocenters. The average Bonchev–Trinajstić information content (AvgIpc) is 2.33. The number of hydrogen-bond acceptors (Lipinski definition) is 2. The van der Waals surface area contributed by atoms with Crippen LogP contribution in [0.3, 0.4) is 0 Å². The molecule has 0 saturated heterocycles. The van der Waals surface area contributed by atoms with Crippen molar-refractivity contribution in [2.75, 3.05) is 6.61 Å². The smallest absolute Gasteiger partial charge is 0.306 e. The van der Waals surface area contributed by atoms with E-state index in [0.29, 0.717) is 30.3 Å². The molecule has 3 atom stereocenters. The largest absolute Gasteiger partial charge is 0.466 e. The van der Waals surface area contributed by atoms with E-state index in [0.717, 1.165) is 6.42 Å². The van der Waals surface area contributed by atoms with Gasteiger partial charge in [0.25, 0.3) is 0 Å². The number of allylic oxidation sites excluding steroid dienone is 1. The van der Waals surface area contributed by atoms with E-state index in [2.05, 4.69) is 27.4 Å². The third-order valence-corrected chi connectivity index (χ3v) is 6.00. The highest BCUT2D eigenvalue weighted by molar-refractivity contribution is 5.70. The molecule has 0 aromatic heterocycles. The Balaban J connectivity index is 2.24. The Hall–Kier alpha value is -0.790. The summed E-state index contributed by atoms with van der Waals surface area (Å²) in [5, 5.41) is 0. The number of carbonyl (C=O) groups excluding carboxylic acids is 1. The van der Waals surface area contributed by atoms with Crippen LogP contribution in [0.25, 0.3) is 0 Å². The average molecular weight is 278 g/mol. The van der Waals surface area contributed by atoms with E-state index in [1.54, 1.807) is 0 Å². The molecule has 2 aliphatic carbocycles. The predicted octanol–water partition coefficient (Wildman–Crippen LogP) is 4.74. The van der Waals surface area contributed by atoms with Gasteiger partial charge in [-0.05, 0) is 55.3 Å². The second-order valence-electron chi connectivity index (χ2n) is 7.66. The van der Waals surface area contributed by atoms with Gasteiger partial charge in [-0.3, -0.25) is 4.79 Å². The molecule has 0 spiro atoms. The van der Waals surface area contributed by atoms with Gasteiger partial charge >= 0.3 is 5.97 Å². The van der Waals surface area contributed by atoms with Gasteiger partial charge in [0, 0.05) is 0 Å². The van der Waals surface area contributed by atoms with Crippen LogP contribution in [-0.2, 0) is 9.53 Å². The number of rotatable bonds is 3. The van der Waals surface area contributed by atoms with Gasteiger partial charge < -0.3 is 4.74 Å². The van der Waals surface area contributed by atoms with Gasteiger partial charge in [-0.25, -0.2) is 0 Å². The fourth-order valence-corrected chi connectivity index (χ4v) is 5.04. The highest BCUT2D eigenvalue weighted by Gasteiger charge is 2.53. The van der Waals surface area contributed by atoms with E-state index in [9.17, 15) is 4.79 Å². The molecule has 2 aliphatic rings. The molecular weight excluding hydrogens is 248 g/mol. The lowest BCUT2D eigenvalue weighted by molar-refractivity contribution is -0.147. The van der Waals surface area contributed by atoms with Crippen LogP contribution in [0, 0.1) is 22.7 Å². The zero-order chi connectivity index (χ0) is 15.0. The van der Waals surface area contributed by atoms with Gasteiger partial charge in [-0.2, -0.15) is 0 Å². The van der Waals surface area contributed by atoms with Gasteiger partial charge in [0.1, 0.15) is 0 Å². The van der Waals surface area contributed by atoms with E-state index in [1.165, 1.54) is 31.3 Å². The first kappa shape index (κ1) is 15.6. The van der Waals surface area contributed by atoms with E-state index in [1.807, 2.05) is 6.92 Å². The Morgan fingerprint density at radius 3 is 2.70 bits per heavy atom. The maximum atomic E-state index is 12.0. The summed E-state index contributed by atoms with van der Waals surface area (Å²) in [7, 11) is 0. The number of ether oxygens (including phenoxy) is 1. The normalized spacial score (nSPS) is 36.3. The fraction of sp³-hybridized carbons (Fsp3) is 0.833. The minimum absolute atomic E-state index is 0.0519. The lowest BCUT2D eigenvalue weighted by Gasteiger charge is -2.57. The van der Waals surface area contributed by atoms with Gasteiger partial charge in [0.15, 0.2) is 0 Å². The lowest BCUT2D eigenvalue weighted by atomic mass is 9.47. The second kappa shape index (κ2) is 5.54. The lowest BCUT2D eigenvalue weighted by Crippen LogP contribution is -2.49. The monoisotopic (exact) mass is 278 g/mol. The quantitative estimate of drug-likeness (QED) is 0.550. The van der Waals surface area contributed by atoms with Crippen LogP contribution in [0.1, 0.15) is 66.2 Å². The van der Waals surface area contributed by atoms with Crippen molar-refractivity contribution in [2.45, 2.75) is 66.2 Å². The summed E-state index contributed by atoms with van der Waals surface area (Å²) < 4.78 is 5.19. The van der Waals surface area contributed by atoms with Crippen LogP contribution in [0.2, 0.25) is 0 Å². The zero-order valence-electron chi connectivity index (χ0n) is 13.6. The molecular formula is C18H30O2. The Morgan fingerprint density at radius 2 is 2.05 bits per heavy atom. The molecule has 0 amide bonds. The molecule has 0 aromatic carbocycles. The Kier molecular flexibility index (Phi) is 4.32. The first-order chi connectivity index (χ1) is 9.31. The molecule has 0 aliphatic heterocycles. The zero-order valence-corrected chi connectivity index (χ0v) is 13.6. The highest BCUT2D eigenvalue weighted by atomic mass is 16.5. The topological polar surface area (TPSA) is 26.3 Å². The van der Waals surface area contributed by atoms with Crippen molar-refractivity contribution in [1.82, 2.24) is 0 Å². The van der Waals surface area contributed by atoms with Crippen molar-refractivity contribution in [3.63, 3.8) is 0 Å². The van der Waals surface area contributed by atoms with Crippen LogP contribution in [0.15, 0.2) is 12.2 Å². The van der Waals surface area contributed by atoms with Crippen LogP contribution in [0.4, 0.5) is 0 Å². The Labute approximate surface area is 124 Å². The second-order valence-corrected chi connectivity index (χ2v) is 7.66. The fourth-order valence-electron chi connectivity index (χ4n) is 5.04. The first-order valence-electron chi connectivity index (χ1n) is 8.14. The SMILES string of the molecule is C=C1CC[C@H]2C(C)(C)CCC[C@]2(C)[C@H]1CC(=O)OCC. The summed E-state index contributed by atoms with van der Waals surface area (Å²) in [5.74, 6) is 0.956.